The van der Waals surface area contributed by atoms with Crippen LogP contribution in [0.1, 0.15) is 32.1 Å². The number of benzene rings is 1. The molecule has 0 aromatic heterocycles. The minimum Gasteiger partial charge on any atom is -0.399 e. The summed E-state index contributed by atoms with van der Waals surface area (Å²) in [6.45, 7) is 1.71. The normalized spacial score (nSPS) is 13.9. The lowest BCUT2D eigenvalue weighted by molar-refractivity contribution is -0.116. The van der Waals surface area contributed by atoms with E-state index in [0.717, 1.165) is 25.2 Å². The number of nitrogens with two attached hydrogens (primary N) is 1. The van der Waals surface area contributed by atoms with E-state index in [0.29, 0.717) is 24.6 Å². The molecule has 1 saturated carbocycles. The lowest BCUT2D eigenvalue weighted by Gasteiger charge is -2.20. The Bertz CT molecular complexity index is 502. The Balaban J connectivity index is 1.68. The minimum atomic E-state index is 0.0239. The van der Waals surface area contributed by atoms with E-state index in [9.17, 15) is 4.79 Å². The average molecular weight is 286 g/mol. The zero-order valence-electron chi connectivity index (χ0n) is 12.2. The first kappa shape index (κ1) is 15.3. The van der Waals surface area contributed by atoms with Gasteiger partial charge in [0.25, 0.3) is 0 Å². The number of rotatable bonds is 8. The molecule has 0 bridgehead atoms. The van der Waals surface area contributed by atoms with Crippen molar-refractivity contribution in [2.24, 2.45) is 0 Å². The van der Waals surface area contributed by atoms with Gasteiger partial charge in [-0.05, 0) is 50.1 Å². The number of nitriles is 1. The average Bonchev–Trinajstić information content (AvgIpc) is 3.30. The van der Waals surface area contributed by atoms with E-state index in [2.05, 4.69) is 16.3 Å². The molecule has 0 saturated heterocycles. The molecule has 3 N–H and O–H groups in total. The highest BCUT2D eigenvalue weighted by Gasteiger charge is 2.28. The molecule has 0 radical (unpaired) electrons. The number of hydrogen-bond donors (Lipinski definition) is 2. The molecule has 112 valence electrons. The first-order valence-corrected chi connectivity index (χ1v) is 7.45. The van der Waals surface area contributed by atoms with Gasteiger partial charge in [0.15, 0.2) is 0 Å². The number of carbonyl (C=O) groups is 1. The molecule has 5 heteroatoms. The molecule has 1 aliphatic rings. The van der Waals surface area contributed by atoms with Crippen LogP contribution >= 0.6 is 0 Å². The van der Waals surface area contributed by atoms with E-state index < -0.39 is 0 Å². The Morgan fingerprint density at radius 1 is 1.33 bits per heavy atom. The molecular formula is C16H22N4O. The second-order valence-electron chi connectivity index (χ2n) is 5.45. The summed E-state index contributed by atoms with van der Waals surface area (Å²) in [7, 11) is 0. The second-order valence-corrected chi connectivity index (χ2v) is 5.45. The van der Waals surface area contributed by atoms with Crippen LogP contribution in [0.15, 0.2) is 24.3 Å². The lowest BCUT2D eigenvalue weighted by Crippen LogP contribution is -2.29. The Kier molecular flexibility index (Phi) is 5.59. The third kappa shape index (κ3) is 5.44. The van der Waals surface area contributed by atoms with Crippen molar-refractivity contribution in [3.63, 3.8) is 0 Å². The molecule has 21 heavy (non-hydrogen) atoms. The molecule has 1 aromatic rings. The first-order valence-electron chi connectivity index (χ1n) is 7.45. The molecule has 1 fully saturated rings. The van der Waals surface area contributed by atoms with Crippen molar-refractivity contribution in [2.45, 2.75) is 38.1 Å². The summed E-state index contributed by atoms with van der Waals surface area (Å²) < 4.78 is 0. The van der Waals surface area contributed by atoms with E-state index in [1.807, 2.05) is 0 Å². The maximum absolute atomic E-state index is 11.9. The summed E-state index contributed by atoms with van der Waals surface area (Å²) in [5.41, 5.74) is 7.07. The van der Waals surface area contributed by atoms with Crippen LogP contribution in [0, 0.1) is 11.3 Å². The standard InChI is InChI=1S/C16H22N4O/c17-10-2-12-20(15-8-9-15)11-1-3-16(21)19-14-6-4-13(18)5-7-14/h4-7,15H,1-3,8-9,11-12,18H2,(H,19,21). The number of hydrogen-bond acceptors (Lipinski definition) is 4. The van der Waals surface area contributed by atoms with E-state index in [4.69, 9.17) is 11.0 Å². The van der Waals surface area contributed by atoms with Crippen LogP contribution < -0.4 is 11.1 Å². The van der Waals surface area contributed by atoms with Gasteiger partial charge in [0, 0.05) is 36.8 Å². The summed E-state index contributed by atoms with van der Waals surface area (Å²) in [5.74, 6) is 0.0239. The summed E-state index contributed by atoms with van der Waals surface area (Å²) in [6, 6.07) is 9.97. The van der Waals surface area contributed by atoms with Gasteiger partial charge >= 0.3 is 0 Å². The van der Waals surface area contributed by atoms with Gasteiger partial charge in [-0.15, -0.1) is 0 Å². The Morgan fingerprint density at radius 3 is 2.67 bits per heavy atom. The van der Waals surface area contributed by atoms with Gasteiger partial charge in [0.2, 0.25) is 5.91 Å². The van der Waals surface area contributed by atoms with Crippen LogP contribution in [0.25, 0.3) is 0 Å². The van der Waals surface area contributed by atoms with E-state index in [1.165, 1.54) is 12.8 Å². The topological polar surface area (TPSA) is 82.2 Å². The molecule has 1 aromatic carbocycles. The molecule has 0 unspecified atom stereocenters. The second kappa shape index (κ2) is 7.65. The summed E-state index contributed by atoms with van der Waals surface area (Å²) >= 11 is 0. The van der Waals surface area contributed by atoms with Crippen LogP contribution in [0.2, 0.25) is 0 Å². The van der Waals surface area contributed by atoms with Crippen molar-refractivity contribution in [1.82, 2.24) is 4.90 Å². The summed E-state index contributed by atoms with van der Waals surface area (Å²) in [5, 5.41) is 11.5. The quantitative estimate of drug-likeness (QED) is 0.719. The van der Waals surface area contributed by atoms with Crippen molar-refractivity contribution < 1.29 is 4.79 Å². The van der Waals surface area contributed by atoms with Gasteiger partial charge in [-0.2, -0.15) is 5.26 Å². The highest BCUT2D eigenvalue weighted by atomic mass is 16.1. The highest BCUT2D eigenvalue weighted by molar-refractivity contribution is 5.90. The van der Waals surface area contributed by atoms with Crippen molar-refractivity contribution in [2.75, 3.05) is 24.1 Å². The fraction of sp³-hybridized carbons (Fsp3) is 0.500. The SMILES string of the molecule is N#CCCN(CCCC(=O)Nc1ccc(N)cc1)C1CC1. The predicted octanol–water partition coefficient (Wildman–Crippen LogP) is 2.37. The first-order chi connectivity index (χ1) is 10.2. The van der Waals surface area contributed by atoms with Gasteiger partial charge in [0.05, 0.1) is 6.07 Å². The number of anilines is 2. The molecule has 1 amide bonds. The maximum atomic E-state index is 11.9. The van der Waals surface area contributed by atoms with Gasteiger partial charge in [-0.3, -0.25) is 9.69 Å². The molecule has 0 aliphatic heterocycles. The molecule has 0 spiro atoms. The third-order valence-electron chi connectivity index (χ3n) is 3.62. The Hall–Kier alpha value is -2.06. The molecule has 0 atom stereocenters. The lowest BCUT2D eigenvalue weighted by atomic mass is 10.2. The Morgan fingerprint density at radius 2 is 2.05 bits per heavy atom. The number of amides is 1. The van der Waals surface area contributed by atoms with Crippen LogP contribution in [0.4, 0.5) is 11.4 Å². The van der Waals surface area contributed by atoms with Crippen molar-refractivity contribution >= 4 is 17.3 Å². The van der Waals surface area contributed by atoms with Gasteiger partial charge in [-0.25, -0.2) is 0 Å². The fourth-order valence-corrected chi connectivity index (χ4v) is 2.34. The predicted molar refractivity (Wildman–Crippen MR) is 83.5 cm³/mol. The van der Waals surface area contributed by atoms with Crippen molar-refractivity contribution in [3.05, 3.63) is 24.3 Å². The van der Waals surface area contributed by atoms with Gasteiger partial charge in [0.1, 0.15) is 0 Å². The third-order valence-corrected chi connectivity index (χ3v) is 3.62. The number of carbonyl (C=O) groups excluding carboxylic acids is 1. The van der Waals surface area contributed by atoms with Crippen LogP contribution in [-0.2, 0) is 4.79 Å². The van der Waals surface area contributed by atoms with Crippen molar-refractivity contribution in [3.8, 4) is 6.07 Å². The van der Waals surface area contributed by atoms with E-state index in [-0.39, 0.29) is 5.91 Å². The van der Waals surface area contributed by atoms with Gasteiger partial charge in [-0.1, -0.05) is 0 Å². The zero-order chi connectivity index (χ0) is 15.1. The molecule has 0 heterocycles. The monoisotopic (exact) mass is 286 g/mol. The summed E-state index contributed by atoms with van der Waals surface area (Å²) in [6.07, 6.45) is 4.34. The molecule has 5 nitrogen and oxygen atoms in total. The smallest absolute Gasteiger partial charge is 0.224 e. The Labute approximate surface area is 125 Å². The number of nitrogen functional groups attached to an aromatic ring is 1. The molecule has 2 rings (SSSR count). The maximum Gasteiger partial charge on any atom is 0.224 e. The summed E-state index contributed by atoms with van der Waals surface area (Å²) in [4.78, 5) is 14.2. The minimum absolute atomic E-state index is 0.0239. The van der Waals surface area contributed by atoms with Crippen molar-refractivity contribution in [1.29, 1.82) is 5.26 Å². The highest BCUT2D eigenvalue weighted by Crippen LogP contribution is 2.27. The molecule has 1 aliphatic carbocycles. The fourth-order valence-electron chi connectivity index (χ4n) is 2.34. The number of nitrogens with zero attached hydrogens (tertiary/aromatic N) is 2. The molecular weight excluding hydrogens is 264 g/mol. The number of nitrogens with one attached hydrogen (secondary N) is 1. The largest absolute Gasteiger partial charge is 0.399 e. The van der Waals surface area contributed by atoms with Crippen LogP contribution in [-0.4, -0.2) is 29.9 Å². The zero-order valence-corrected chi connectivity index (χ0v) is 12.2. The van der Waals surface area contributed by atoms with E-state index >= 15 is 0 Å². The van der Waals surface area contributed by atoms with Crippen LogP contribution in [0.5, 0.6) is 0 Å². The van der Waals surface area contributed by atoms with E-state index in [1.54, 1.807) is 24.3 Å². The van der Waals surface area contributed by atoms with Gasteiger partial charge < -0.3 is 11.1 Å². The van der Waals surface area contributed by atoms with Crippen LogP contribution in [0.3, 0.4) is 0 Å².